The van der Waals surface area contributed by atoms with Crippen molar-refractivity contribution >= 4 is 17.1 Å². The van der Waals surface area contributed by atoms with Gasteiger partial charge in [0.2, 0.25) is 0 Å². The van der Waals surface area contributed by atoms with Gasteiger partial charge in [0.05, 0.1) is 11.2 Å². The highest BCUT2D eigenvalue weighted by Crippen LogP contribution is 2.28. The van der Waals surface area contributed by atoms with Gasteiger partial charge in [-0.2, -0.15) is 0 Å². The Kier molecular flexibility index (Phi) is 7.31. The van der Waals surface area contributed by atoms with Gasteiger partial charge in [0.25, 0.3) is 0 Å². The molecule has 0 saturated carbocycles. The molecule has 1 aliphatic rings. The van der Waals surface area contributed by atoms with Crippen molar-refractivity contribution in [2.45, 2.75) is 52.7 Å². The number of H-pyrrole nitrogens is 1. The first-order valence-corrected chi connectivity index (χ1v) is 13.2. The SMILES string of the molecule is Cc1cc(-c2ccc3[nH]c(Cc4cc(C(C)N5CCN(C(=O)OC(C)(C)C)CC5)ccn4)nc3c2F)ncn1. The zero-order chi connectivity index (χ0) is 27.7. The number of fused-ring (bicyclic) bond motifs is 1. The molecule has 1 unspecified atom stereocenters. The molecule has 1 aromatic carbocycles. The molecule has 4 aromatic rings. The summed E-state index contributed by atoms with van der Waals surface area (Å²) in [6, 6.07) is 9.53. The molecule has 4 heterocycles. The summed E-state index contributed by atoms with van der Waals surface area (Å²) in [5.74, 6) is 0.233. The van der Waals surface area contributed by atoms with Gasteiger partial charge in [-0.25, -0.2) is 24.1 Å². The number of pyridine rings is 1. The molecule has 1 saturated heterocycles. The fourth-order valence-electron chi connectivity index (χ4n) is 4.83. The van der Waals surface area contributed by atoms with Crippen LogP contribution in [0.4, 0.5) is 9.18 Å². The van der Waals surface area contributed by atoms with Gasteiger partial charge in [0, 0.05) is 61.8 Å². The van der Waals surface area contributed by atoms with Crippen molar-refractivity contribution < 1.29 is 13.9 Å². The average Bonchev–Trinajstić information content (AvgIpc) is 3.31. The number of benzene rings is 1. The van der Waals surface area contributed by atoms with Crippen LogP contribution < -0.4 is 0 Å². The van der Waals surface area contributed by atoms with Crippen LogP contribution in [0.15, 0.2) is 42.9 Å². The zero-order valence-corrected chi connectivity index (χ0v) is 23.0. The van der Waals surface area contributed by atoms with Crippen molar-refractivity contribution in [2.24, 2.45) is 0 Å². The van der Waals surface area contributed by atoms with E-state index < -0.39 is 11.4 Å². The van der Waals surface area contributed by atoms with Crippen molar-refractivity contribution in [3.63, 3.8) is 0 Å². The summed E-state index contributed by atoms with van der Waals surface area (Å²) >= 11 is 0. The smallest absolute Gasteiger partial charge is 0.410 e. The predicted octanol–water partition coefficient (Wildman–Crippen LogP) is 5.07. The Morgan fingerprint density at radius 3 is 2.59 bits per heavy atom. The molecule has 39 heavy (non-hydrogen) atoms. The van der Waals surface area contributed by atoms with Crippen LogP contribution in [-0.2, 0) is 11.2 Å². The van der Waals surface area contributed by atoms with Crippen molar-refractivity contribution in [1.29, 1.82) is 0 Å². The summed E-state index contributed by atoms with van der Waals surface area (Å²) in [5, 5.41) is 0. The number of aryl methyl sites for hydroxylation is 1. The molecular weight excluding hydrogens is 497 g/mol. The highest BCUT2D eigenvalue weighted by atomic mass is 19.1. The molecule has 0 bridgehead atoms. The maximum atomic E-state index is 15.4. The number of piperazine rings is 1. The van der Waals surface area contributed by atoms with E-state index in [4.69, 9.17) is 4.74 Å². The molecule has 9 nitrogen and oxygen atoms in total. The molecule has 0 radical (unpaired) electrons. The Morgan fingerprint density at radius 1 is 1.10 bits per heavy atom. The number of nitrogens with one attached hydrogen (secondary N) is 1. The number of ether oxygens (including phenoxy) is 1. The summed E-state index contributed by atoms with van der Waals surface area (Å²) in [7, 11) is 0. The molecule has 0 spiro atoms. The van der Waals surface area contributed by atoms with Gasteiger partial charge < -0.3 is 14.6 Å². The topological polar surface area (TPSA) is 100 Å². The van der Waals surface area contributed by atoms with Crippen LogP contribution in [0, 0.1) is 12.7 Å². The third kappa shape index (κ3) is 6.06. The second-order valence-corrected chi connectivity index (χ2v) is 11.0. The van der Waals surface area contributed by atoms with Gasteiger partial charge in [-0.1, -0.05) is 0 Å². The van der Waals surface area contributed by atoms with Gasteiger partial charge in [-0.15, -0.1) is 0 Å². The van der Waals surface area contributed by atoms with E-state index in [1.165, 1.54) is 6.33 Å². The number of nitrogens with zero attached hydrogens (tertiary/aromatic N) is 6. The Bertz CT molecular complexity index is 1490. The minimum Gasteiger partial charge on any atom is -0.444 e. The maximum absolute atomic E-state index is 15.4. The molecule has 1 aliphatic heterocycles. The highest BCUT2D eigenvalue weighted by molar-refractivity contribution is 5.82. The van der Waals surface area contributed by atoms with Crippen molar-refractivity contribution in [2.75, 3.05) is 26.2 Å². The number of aromatic nitrogens is 5. The Labute approximate surface area is 227 Å². The third-order valence-corrected chi connectivity index (χ3v) is 6.91. The number of hydrogen-bond donors (Lipinski definition) is 1. The van der Waals surface area contributed by atoms with Crippen molar-refractivity contribution in [3.05, 3.63) is 71.4 Å². The summed E-state index contributed by atoms with van der Waals surface area (Å²) in [4.78, 5) is 37.2. The summed E-state index contributed by atoms with van der Waals surface area (Å²) in [6.45, 7) is 12.4. The minimum atomic E-state index is -0.501. The van der Waals surface area contributed by atoms with Gasteiger partial charge in [-0.3, -0.25) is 9.88 Å². The summed E-state index contributed by atoms with van der Waals surface area (Å²) in [5.41, 5.74) is 4.09. The molecule has 1 fully saturated rings. The Balaban J connectivity index is 1.27. The molecule has 0 aliphatic carbocycles. The van der Waals surface area contributed by atoms with E-state index in [0.717, 1.165) is 30.0 Å². The van der Waals surface area contributed by atoms with Crippen LogP contribution in [0.5, 0.6) is 0 Å². The maximum Gasteiger partial charge on any atom is 0.410 e. The first kappa shape index (κ1) is 26.7. The van der Waals surface area contributed by atoms with Crippen molar-refractivity contribution in [1.82, 2.24) is 34.7 Å². The lowest BCUT2D eigenvalue weighted by atomic mass is 10.1. The van der Waals surface area contributed by atoms with Crippen LogP contribution >= 0.6 is 0 Å². The molecular formula is C29H34FN7O2. The summed E-state index contributed by atoms with van der Waals surface area (Å²) < 4.78 is 20.9. The number of carbonyl (C=O) groups is 1. The van der Waals surface area contributed by atoms with E-state index in [0.29, 0.717) is 42.1 Å². The average molecular weight is 532 g/mol. The van der Waals surface area contributed by atoms with E-state index in [-0.39, 0.29) is 17.7 Å². The number of hydrogen-bond acceptors (Lipinski definition) is 7. The molecule has 5 rings (SSSR count). The third-order valence-electron chi connectivity index (χ3n) is 6.91. The first-order chi connectivity index (χ1) is 18.6. The lowest BCUT2D eigenvalue weighted by Crippen LogP contribution is -2.50. The van der Waals surface area contributed by atoms with Gasteiger partial charge >= 0.3 is 6.09 Å². The van der Waals surface area contributed by atoms with Crippen LogP contribution in [0.3, 0.4) is 0 Å². The Morgan fingerprint density at radius 2 is 1.87 bits per heavy atom. The number of imidazole rings is 1. The van der Waals surface area contributed by atoms with Gasteiger partial charge in [0.1, 0.15) is 23.3 Å². The monoisotopic (exact) mass is 531 g/mol. The van der Waals surface area contributed by atoms with Crippen LogP contribution in [0.1, 0.15) is 56.5 Å². The summed E-state index contributed by atoms with van der Waals surface area (Å²) in [6.07, 6.45) is 3.42. The van der Waals surface area contributed by atoms with E-state index in [1.807, 2.05) is 39.8 Å². The quantitative estimate of drug-likeness (QED) is 0.384. The molecule has 204 valence electrons. The fourth-order valence-corrected chi connectivity index (χ4v) is 4.83. The highest BCUT2D eigenvalue weighted by Gasteiger charge is 2.28. The van der Waals surface area contributed by atoms with Crippen LogP contribution in [-0.4, -0.2) is 72.6 Å². The minimum absolute atomic E-state index is 0.152. The molecule has 3 aromatic heterocycles. The second-order valence-electron chi connectivity index (χ2n) is 11.0. The molecule has 10 heteroatoms. The fraction of sp³-hybridized carbons (Fsp3) is 0.414. The molecule has 1 N–H and O–H groups in total. The number of aromatic amines is 1. The number of rotatable bonds is 5. The number of amides is 1. The van der Waals surface area contributed by atoms with E-state index in [2.05, 4.69) is 42.8 Å². The standard InChI is InChI=1S/C29H34FN7O2/c1-18-14-24(33-17-32-18)22-6-7-23-27(26(22)30)35-25(34-23)16-21-15-20(8-9-31-21)19(2)36-10-12-37(13-11-36)28(38)39-29(3,4)5/h6-9,14-15,17,19H,10-13,16H2,1-5H3,(H,34,35). The Hall–Kier alpha value is -3.92. The lowest BCUT2D eigenvalue weighted by Gasteiger charge is -2.38. The van der Waals surface area contributed by atoms with Crippen LogP contribution in [0.2, 0.25) is 0 Å². The van der Waals surface area contributed by atoms with E-state index in [9.17, 15) is 4.79 Å². The second kappa shape index (κ2) is 10.7. The van der Waals surface area contributed by atoms with Crippen molar-refractivity contribution in [3.8, 4) is 11.3 Å². The first-order valence-electron chi connectivity index (χ1n) is 13.2. The largest absolute Gasteiger partial charge is 0.444 e. The number of carbonyl (C=O) groups excluding carboxylic acids is 1. The molecule has 1 atom stereocenters. The van der Waals surface area contributed by atoms with E-state index in [1.54, 1.807) is 23.2 Å². The zero-order valence-electron chi connectivity index (χ0n) is 23.0. The van der Waals surface area contributed by atoms with Crippen LogP contribution in [0.25, 0.3) is 22.3 Å². The molecule has 1 amide bonds. The van der Waals surface area contributed by atoms with E-state index >= 15 is 4.39 Å². The van der Waals surface area contributed by atoms with Gasteiger partial charge in [0.15, 0.2) is 5.82 Å². The number of halogens is 1. The predicted molar refractivity (Wildman–Crippen MR) is 147 cm³/mol. The van der Waals surface area contributed by atoms with Gasteiger partial charge in [-0.05, 0) is 70.5 Å². The normalized spacial score (nSPS) is 15.5. The lowest BCUT2D eigenvalue weighted by molar-refractivity contribution is 0.0110.